The van der Waals surface area contributed by atoms with E-state index >= 15 is 0 Å². The van der Waals surface area contributed by atoms with Gasteiger partial charge in [-0.25, -0.2) is 4.39 Å². The summed E-state index contributed by atoms with van der Waals surface area (Å²) >= 11 is 1.53. The fourth-order valence-corrected chi connectivity index (χ4v) is 8.26. The van der Waals surface area contributed by atoms with Gasteiger partial charge in [-0.3, -0.25) is 4.98 Å². The Bertz CT molecular complexity index is 2490. The third kappa shape index (κ3) is 6.95. The molecule has 3 nitrogen and oxygen atoms in total. The van der Waals surface area contributed by atoms with E-state index in [-0.39, 0.29) is 25.9 Å². The van der Waals surface area contributed by atoms with Gasteiger partial charge in [-0.2, -0.15) is 11.3 Å². The van der Waals surface area contributed by atoms with Crippen LogP contribution >= 0.6 is 11.3 Å². The summed E-state index contributed by atoms with van der Waals surface area (Å²) in [6, 6.07) is 40.7. The second-order valence-corrected chi connectivity index (χ2v) is 18.9. The Morgan fingerprint density at radius 1 is 0.918 bits per heavy atom. The van der Waals surface area contributed by atoms with E-state index in [9.17, 15) is 4.39 Å². The molecule has 0 fully saturated rings. The molecule has 3 heterocycles. The van der Waals surface area contributed by atoms with E-state index in [0.29, 0.717) is 5.56 Å². The first-order chi connectivity index (χ1) is 24.4. The van der Waals surface area contributed by atoms with Crippen molar-refractivity contribution in [3.8, 4) is 33.8 Å². The minimum Gasteiger partial charge on any atom is -0.364 e. The van der Waals surface area contributed by atoms with E-state index < -0.39 is 14.9 Å². The Kier molecular flexibility index (Phi) is 8.98. The molecule has 0 saturated heterocycles. The molecule has 247 valence electrons. The zero-order chi connectivity index (χ0) is 35.9. The van der Waals surface area contributed by atoms with Crippen LogP contribution in [0.4, 0.5) is 4.39 Å². The van der Waals surface area contributed by atoms with Crippen molar-refractivity contribution >= 4 is 55.8 Å². The van der Waals surface area contributed by atoms with Gasteiger partial charge in [0.2, 0.25) is 0 Å². The molecule has 0 spiro atoms. The summed E-state index contributed by atoms with van der Waals surface area (Å²) in [6.07, 6.45) is 2.02. The third-order valence-electron chi connectivity index (χ3n) is 8.51. The van der Waals surface area contributed by atoms with Crippen LogP contribution in [0.3, 0.4) is 0 Å². The number of imidazole rings is 1. The Morgan fingerprint density at radius 3 is 2.41 bits per heavy atom. The molecule has 0 atom stereocenters. The molecule has 0 aliphatic rings. The zero-order valence-corrected chi connectivity index (χ0v) is 31.8. The number of aromatic nitrogens is 3. The van der Waals surface area contributed by atoms with Crippen LogP contribution in [0.5, 0.6) is 0 Å². The maximum Gasteiger partial charge on any atom is 0.124 e. The summed E-state index contributed by atoms with van der Waals surface area (Å²) in [5, 5.41) is 3.35. The zero-order valence-electron chi connectivity index (χ0n) is 30.6. The van der Waals surface area contributed by atoms with E-state index in [1.54, 1.807) is 18.2 Å². The van der Waals surface area contributed by atoms with Crippen molar-refractivity contribution < 1.29 is 28.6 Å². The molecule has 1 radical (unpaired) electrons. The molecule has 0 aliphatic carbocycles. The number of benzene rings is 5. The molecule has 0 bridgehead atoms. The maximum atomic E-state index is 14.2. The SMILES string of the molecule is C[Si](C)(C)c1ccc(-c2[c-]cccc2)nc1.[2H]C([2H])([2H])c1ccc(-c2c[c-]c(-c3nc4ccccc4n3CC)c3sc4cc(F)ccc4c23)cc1.[Ir]. The molecule has 8 rings (SSSR count). The van der Waals surface area contributed by atoms with Gasteiger partial charge in [0.05, 0.1) is 24.9 Å². The minimum absolute atomic E-state index is 0. The van der Waals surface area contributed by atoms with Crippen molar-refractivity contribution in [2.24, 2.45) is 0 Å². The van der Waals surface area contributed by atoms with Crippen LogP contribution in [0.1, 0.15) is 16.6 Å². The molecule has 5 aromatic carbocycles. The monoisotopic (exact) mass is 857 g/mol. The van der Waals surface area contributed by atoms with Crippen LogP contribution in [0.2, 0.25) is 19.6 Å². The number of halogens is 1. The van der Waals surface area contributed by atoms with Gasteiger partial charge in [0.1, 0.15) is 5.82 Å². The van der Waals surface area contributed by atoms with Crippen LogP contribution in [-0.2, 0) is 26.7 Å². The number of para-hydroxylation sites is 2. The number of fused-ring (bicyclic) bond motifs is 4. The first-order valence-electron chi connectivity index (χ1n) is 17.5. The fraction of sp³-hybridized carbons (Fsp3) is 0.143. The summed E-state index contributed by atoms with van der Waals surface area (Å²) < 4.78 is 41.2. The molecule has 7 heteroatoms. The van der Waals surface area contributed by atoms with E-state index in [1.165, 1.54) is 22.6 Å². The van der Waals surface area contributed by atoms with Crippen LogP contribution < -0.4 is 5.19 Å². The van der Waals surface area contributed by atoms with Crippen molar-refractivity contribution in [2.75, 3.05) is 0 Å². The number of aryl methyl sites for hydroxylation is 2. The average molecular weight is 857 g/mol. The smallest absolute Gasteiger partial charge is 0.124 e. The number of pyridine rings is 1. The summed E-state index contributed by atoms with van der Waals surface area (Å²) in [4.78, 5) is 9.45. The molecule has 8 aromatic rings. The number of hydrogen-bond acceptors (Lipinski definition) is 3. The summed E-state index contributed by atoms with van der Waals surface area (Å²) in [7, 11) is -1.23. The molecular weight excluding hydrogens is 818 g/mol. The summed E-state index contributed by atoms with van der Waals surface area (Å²) in [6.45, 7) is 7.68. The van der Waals surface area contributed by atoms with Gasteiger partial charge in [0, 0.05) is 41.7 Å². The molecule has 49 heavy (non-hydrogen) atoms. The van der Waals surface area contributed by atoms with Gasteiger partial charge in [-0.05, 0) is 59.0 Å². The second kappa shape index (κ2) is 14.3. The van der Waals surface area contributed by atoms with Crippen LogP contribution in [0, 0.1) is 24.8 Å². The van der Waals surface area contributed by atoms with Gasteiger partial charge >= 0.3 is 0 Å². The van der Waals surface area contributed by atoms with Crippen LogP contribution in [0.25, 0.3) is 65.0 Å². The number of rotatable bonds is 5. The van der Waals surface area contributed by atoms with Gasteiger partial charge in [-0.15, -0.1) is 48.0 Å². The van der Waals surface area contributed by atoms with Crippen LogP contribution in [0.15, 0.2) is 115 Å². The van der Waals surface area contributed by atoms with E-state index in [1.807, 2.05) is 72.9 Å². The number of hydrogen-bond donors (Lipinski definition) is 0. The Labute approximate surface area is 310 Å². The number of nitrogens with zero attached hydrogens (tertiary/aromatic N) is 3. The number of thiophene rings is 1. The van der Waals surface area contributed by atoms with Crippen molar-refractivity contribution in [3.63, 3.8) is 0 Å². The topological polar surface area (TPSA) is 30.7 Å². The van der Waals surface area contributed by atoms with Gasteiger partial charge in [0.25, 0.3) is 0 Å². The average Bonchev–Trinajstić information content (AvgIpc) is 3.69. The van der Waals surface area contributed by atoms with Crippen molar-refractivity contribution in [1.29, 1.82) is 0 Å². The van der Waals surface area contributed by atoms with Crippen molar-refractivity contribution in [2.45, 2.75) is 40.0 Å². The maximum absolute atomic E-state index is 14.2. The normalized spacial score (nSPS) is 12.6. The minimum atomic E-state index is -2.16. The Morgan fingerprint density at radius 2 is 1.71 bits per heavy atom. The molecule has 0 N–H and O–H groups in total. The summed E-state index contributed by atoms with van der Waals surface area (Å²) in [5.74, 6) is 0.550. The van der Waals surface area contributed by atoms with Gasteiger partial charge in [0.15, 0.2) is 0 Å². The largest absolute Gasteiger partial charge is 0.364 e. The third-order valence-corrected chi connectivity index (χ3v) is 11.7. The van der Waals surface area contributed by atoms with Crippen LogP contribution in [-0.4, -0.2) is 22.6 Å². The van der Waals surface area contributed by atoms with Crippen molar-refractivity contribution in [3.05, 3.63) is 139 Å². The first kappa shape index (κ1) is 30.8. The Hall–Kier alpha value is -4.26. The van der Waals surface area contributed by atoms with Gasteiger partial charge < -0.3 is 9.55 Å². The quantitative estimate of drug-likeness (QED) is 0.128. The predicted molar refractivity (Wildman–Crippen MR) is 204 cm³/mol. The molecule has 0 amide bonds. The first-order valence-corrected chi connectivity index (χ1v) is 20.3. The van der Waals surface area contributed by atoms with Gasteiger partial charge in [-0.1, -0.05) is 102 Å². The molecule has 0 unspecified atom stereocenters. The Balaban J connectivity index is 0.000000230. The molecule has 3 aromatic heterocycles. The van der Waals surface area contributed by atoms with E-state index in [2.05, 4.69) is 66.4 Å². The summed E-state index contributed by atoms with van der Waals surface area (Å²) in [5.41, 5.74) is 7.03. The fourth-order valence-electron chi connectivity index (χ4n) is 5.98. The van der Waals surface area contributed by atoms with Crippen molar-refractivity contribution in [1.82, 2.24) is 14.5 Å². The molecule has 0 aliphatic heterocycles. The molecule has 0 saturated carbocycles. The standard InChI is InChI=1S/C28H20FN2S.C14H16NSi.Ir/c1-3-31-24-7-5-4-6-23(24)30-28(31)22-15-14-20(18-10-8-17(2)9-11-18)26-21-13-12-19(29)16-25(21)32-27(22)26;1-16(2,3)13-9-10-14(15-11-13)12-7-5-4-6-8-12;/h4-14,16H,3H2,1-2H3;4-7,9-11H,1-3H3;/q2*-1;/i2D3;;. The van der Waals surface area contributed by atoms with E-state index in [4.69, 9.17) is 9.10 Å². The van der Waals surface area contributed by atoms with E-state index in [0.717, 1.165) is 71.5 Å². The molecular formula is C42H36FIrN3SSi-2. The predicted octanol–water partition coefficient (Wildman–Crippen LogP) is 11.1. The second-order valence-electron chi connectivity index (χ2n) is 12.7.